The van der Waals surface area contributed by atoms with Crippen molar-refractivity contribution in [3.8, 4) is 50.2 Å². The zero-order chi connectivity index (χ0) is 46.0. The Morgan fingerprint density at radius 3 is 1.20 bits per heavy atom. The van der Waals surface area contributed by atoms with Gasteiger partial charge in [-0.05, 0) is 139 Å². The molecule has 3 aliphatic rings. The number of aromatic nitrogens is 1. The van der Waals surface area contributed by atoms with Crippen LogP contribution >= 0.6 is 0 Å². The van der Waals surface area contributed by atoms with Crippen LogP contribution in [0.5, 0.6) is 0 Å². The second-order valence-electron chi connectivity index (χ2n) is 19.1. The van der Waals surface area contributed by atoms with Gasteiger partial charge in [-0.2, -0.15) is 0 Å². The fourth-order valence-corrected chi connectivity index (χ4v) is 13.4. The molecule has 0 fully saturated rings. The summed E-state index contributed by atoms with van der Waals surface area (Å²) in [5.74, 6) is 0. The van der Waals surface area contributed by atoms with Crippen molar-refractivity contribution in [3.05, 3.63) is 300 Å². The van der Waals surface area contributed by atoms with Crippen LogP contribution in [0, 0.1) is 0 Å². The van der Waals surface area contributed by atoms with Crippen molar-refractivity contribution in [2.24, 2.45) is 0 Å². The first-order valence-corrected chi connectivity index (χ1v) is 24.4. The van der Waals surface area contributed by atoms with Crippen LogP contribution in [0.4, 0.5) is 17.1 Å². The number of rotatable bonds is 5. The molecule has 12 aromatic rings. The highest BCUT2D eigenvalue weighted by atomic mass is 15.1. The van der Waals surface area contributed by atoms with Gasteiger partial charge in [0.2, 0.25) is 0 Å². The van der Waals surface area contributed by atoms with E-state index < -0.39 is 10.8 Å². The van der Waals surface area contributed by atoms with Crippen LogP contribution in [-0.2, 0) is 10.8 Å². The molecule has 0 bridgehead atoms. The summed E-state index contributed by atoms with van der Waals surface area (Å²) >= 11 is 0. The maximum Gasteiger partial charge on any atom is 0.0648 e. The van der Waals surface area contributed by atoms with Gasteiger partial charge in [0.15, 0.2) is 0 Å². The monoisotopic (exact) mass is 888 g/mol. The number of nitrogens with zero attached hydrogens (tertiary/aromatic N) is 2. The lowest BCUT2D eigenvalue weighted by Crippen LogP contribution is -2.58. The number of anilines is 3. The molecule has 0 saturated heterocycles. The van der Waals surface area contributed by atoms with E-state index in [1.807, 2.05) is 0 Å². The molecule has 1 heterocycles. The topological polar surface area (TPSA) is 8.17 Å². The predicted molar refractivity (Wildman–Crippen MR) is 290 cm³/mol. The molecule has 0 spiro atoms. The van der Waals surface area contributed by atoms with Gasteiger partial charge in [-0.15, -0.1) is 0 Å². The first-order valence-electron chi connectivity index (χ1n) is 24.4. The Bertz CT molecular complexity index is 3980. The Hall–Kier alpha value is -8.98. The third kappa shape index (κ3) is 5.07. The number of fused-ring (bicyclic) bond motifs is 12. The van der Waals surface area contributed by atoms with Crippen molar-refractivity contribution in [1.29, 1.82) is 0 Å². The van der Waals surface area contributed by atoms with E-state index in [0.29, 0.717) is 0 Å². The quantitative estimate of drug-likeness (QED) is 0.167. The van der Waals surface area contributed by atoms with Gasteiger partial charge in [-0.25, -0.2) is 0 Å². The molecule has 15 rings (SSSR count). The highest BCUT2D eigenvalue weighted by Crippen LogP contribution is 2.73. The van der Waals surface area contributed by atoms with E-state index in [-0.39, 0.29) is 0 Å². The predicted octanol–water partition coefficient (Wildman–Crippen LogP) is 17.2. The summed E-state index contributed by atoms with van der Waals surface area (Å²) in [5, 5.41) is 2.44. The Balaban J connectivity index is 1.06. The zero-order valence-electron chi connectivity index (χ0n) is 38.3. The van der Waals surface area contributed by atoms with E-state index in [9.17, 15) is 0 Å². The van der Waals surface area contributed by atoms with Crippen molar-refractivity contribution in [2.45, 2.75) is 10.8 Å². The lowest BCUT2D eigenvalue weighted by Gasteiger charge is -2.62. The number of para-hydroxylation sites is 2. The van der Waals surface area contributed by atoms with E-state index in [1.54, 1.807) is 0 Å². The van der Waals surface area contributed by atoms with Crippen LogP contribution < -0.4 is 4.90 Å². The minimum absolute atomic E-state index is 0.620. The first kappa shape index (κ1) is 39.1. The lowest BCUT2D eigenvalue weighted by atomic mass is 9.38. The van der Waals surface area contributed by atoms with E-state index in [1.165, 1.54) is 99.7 Å². The van der Waals surface area contributed by atoms with Crippen molar-refractivity contribution >= 4 is 38.9 Å². The molecule has 2 nitrogen and oxygen atoms in total. The summed E-state index contributed by atoms with van der Waals surface area (Å²) in [4.78, 5) is 2.49. The summed E-state index contributed by atoms with van der Waals surface area (Å²) < 4.78 is 2.40. The first-order chi connectivity index (χ1) is 34.7. The summed E-state index contributed by atoms with van der Waals surface area (Å²) in [6.07, 6.45) is 0. The Kier molecular flexibility index (Phi) is 8.24. The Morgan fingerprint density at radius 2 is 0.643 bits per heavy atom. The smallest absolute Gasteiger partial charge is 0.0648 e. The van der Waals surface area contributed by atoms with Crippen molar-refractivity contribution in [2.75, 3.05) is 4.90 Å². The lowest BCUT2D eigenvalue weighted by molar-refractivity contribution is 0.405. The van der Waals surface area contributed by atoms with Gasteiger partial charge in [-0.1, -0.05) is 206 Å². The molecule has 0 unspecified atom stereocenters. The molecule has 0 N–H and O–H groups in total. The number of hydrogen-bond donors (Lipinski definition) is 0. The standard InChI is InChI=1S/C68H44N2/c1-3-19-45(20-4-1)46-35-37-48(38-36-46)69(49-40-42-66-58(43-49)57-28-12-18-34-65(57)70(66)47-21-5-2-6-22-47)50-39-41-56-55-27-11-15-31-61(55)67-59-29-13-7-23-51(59)53-25-9-16-32-62(53)68(67,64(56)44-50)63-33-17-10-26-54(63)52-24-8-14-30-60(52)67/h1-44H. The summed E-state index contributed by atoms with van der Waals surface area (Å²) in [7, 11) is 0. The molecule has 70 heavy (non-hydrogen) atoms. The van der Waals surface area contributed by atoms with Crippen LogP contribution in [0.15, 0.2) is 267 Å². The van der Waals surface area contributed by atoms with Crippen molar-refractivity contribution < 1.29 is 0 Å². The van der Waals surface area contributed by atoms with Gasteiger partial charge in [0.25, 0.3) is 0 Å². The van der Waals surface area contributed by atoms with Gasteiger partial charge < -0.3 is 9.47 Å². The molecule has 0 atom stereocenters. The molecular formula is C68H44N2. The molecular weight excluding hydrogens is 845 g/mol. The van der Waals surface area contributed by atoms with Crippen molar-refractivity contribution in [1.82, 2.24) is 4.57 Å². The minimum Gasteiger partial charge on any atom is -0.310 e. The fraction of sp³-hybridized carbons (Fsp3) is 0.0294. The summed E-state index contributed by atoms with van der Waals surface area (Å²) in [5.41, 5.74) is 23.6. The molecule has 0 aliphatic heterocycles. The highest BCUT2D eigenvalue weighted by Gasteiger charge is 2.66. The Morgan fingerprint density at radius 1 is 0.257 bits per heavy atom. The summed E-state index contributed by atoms with van der Waals surface area (Å²) in [6.45, 7) is 0. The van der Waals surface area contributed by atoms with E-state index in [4.69, 9.17) is 0 Å². The van der Waals surface area contributed by atoms with Gasteiger partial charge in [0, 0.05) is 33.5 Å². The van der Waals surface area contributed by atoms with Gasteiger partial charge in [0.05, 0.1) is 21.9 Å². The van der Waals surface area contributed by atoms with E-state index in [0.717, 1.165) is 22.7 Å². The van der Waals surface area contributed by atoms with Gasteiger partial charge in [-0.3, -0.25) is 0 Å². The second kappa shape index (κ2) is 14.8. The molecule has 0 saturated carbocycles. The van der Waals surface area contributed by atoms with Crippen LogP contribution in [0.1, 0.15) is 33.4 Å². The summed E-state index contributed by atoms with van der Waals surface area (Å²) in [6, 6.07) is 100. The van der Waals surface area contributed by atoms with Crippen molar-refractivity contribution in [3.63, 3.8) is 0 Å². The molecule has 0 radical (unpaired) electrons. The Labute approximate surface area is 407 Å². The molecule has 1 aromatic heterocycles. The molecule has 326 valence electrons. The largest absolute Gasteiger partial charge is 0.310 e. The average Bonchev–Trinajstić information content (AvgIpc) is 3.78. The maximum absolute atomic E-state index is 2.57. The third-order valence-electron chi connectivity index (χ3n) is 15.9. The van der Waals surface area contributed by atoms with Gasteiger partial charge in [0.1, 0.15) is 0 Å². The SMILES string of the molecule is c1ccc(-c2ccc(N(c3ccc4c(c3)C35c6ccccc6-c6ccccc6C3(c3ccccc3-c3ccccc35)c3ccccc3-4)c3ccc4c(c3)c3ccccc3n4-c3ccccc3)cc2)cc1. The number of hydrogen-bond acceptors (Lipinski definition) is 1. The maximum atomic E-state index is 2.57. The normalized spacial score (nSPS) is 16.7. The molecule has 0 amide bonds. The molecule has 2 heteroatoms. The van der Waals surface area contributed by atoms with Crippen LogP contribution in [0.3, 0.4) is 0 Å². The van der Waals surface area contributed by atoms with Gasteiger partial charge >= 0.3 is 0 Å². The van der Waals surface area contributed by atoms with E-state index in [2.05, 4.69) is 276 Å². The number of benzene rings is 11. The molecule has 11 aromatic carbocycles. The third-order valence-corrected chi connectivity index (χ3v) is 15.9. The second-order valence-corrected chi connectivity index (χ2v) is 19.1. The zero-order valence-corrected chi connectivity index (χ0v) is 38.3. The van der Waals surface area contributed by atoms with Crippen LogP contribution in [-0.4, -0.2) is 4.57 Å². The fourth-order valence-electron chi connectivity index (χ4n) is 13.4. The van der Waals surface area contributed by atoms with Crippen LogP contribution in [0.2, 0.25) is 0 Å². The molecule has 3 aliphatic carbocycles. The van der Waals surface area contributed by atoms with Crippen LogP contribution in [0.25, 0.3) is 72.0 Å². The highest BCUT2D eigenvalue weighted by molar-refractivity contribution is 6.11. The average molecular weight is 889 g/mol. The minimum atomic E-state index is -0.668. The van der Waals surface area contributed by atoms with E-state index >= 15 is 0 Å².